The fourth-order valence-corrected chi connectivity index (χ4v) is 7.12. The smallest absolute Gasteiger partial charge is 0.130 e. The number of rotatable bonds is 2. The van der Waals surface area contributed by atoms with Crippen LogP contribution in [0.5, 0.6) is 11.5 Å². The molecule has 2 aromatic rings. The molecular weight excluding hydrogens is 332 g/mol. The number of aromatic hydroxyl groups is 1. The normalized spacial score (nSPS) is 32.2. The second-order valence-electron chi connectivity index (χ2n) is 10.6. The molecule has 0 unspecified atom stereocenters. The Hall–Kier alpha value is -1.70. The first-order chi connectivity index (χ1) is 12.8. The maximum atomic E-state index is 10.8. The van der Waals surface area contributed by atoms with Crippen molar-refractivity contribution in [2.45, 2.75) is 70.1 Å². The van der Waals surface area contributed by atoms with E-state index in [2.05, 4.69) is 32.9 Å². The predicted molar refractivity (Wildman–Crippen MR) is 111 cm³/mol. The molecular formula is C25H32O2. The van der Waals surface area contributed by atoms with Gasteiger partial charge in [-0.05, 0) is 95.8 Å². The largest absolute Gasteiger partial charge is 0.507 e. The van der Waals surface area contributed by atoms with Crippen LogP contribution in [-0.2, 0) is 10.8 Å². The molecule has 2 heteroatoms. The second kappa shape index (κ2) is 5.65. The number of fused-ring (bicyclic) bond motifs is 1. The van der Waals surface area contributed by atoms with Crippen molar-refractivity contribution in [3.8, 4) is 11.5 Å². The van der Waals surface area contributed by atoms with E-state index in [1.54, 1.807) is 7.11 Å². The quantitative estimate of drug-likeness (QED) is 0.675. The van der Waals surface area contributed by atoms with E-state index in [9.17, 15) is 5.11 Å². The summed E-state index contributed by atoms with van der Waals surface area (Å²) in [7, 11) is 1.71. The average molecular weight is 365 g/mol. The van der Waals surface area contributed by atoms with Crippen LogP contribution in [0.2, 0.25) is 0 Å². The summed E-state index contributed by atoms with van der Waals surface area (Å²) in [6.45, 7) is 6.84. The Morgan fingerprint density at radius 2 is 1.48 bits per heavy atom. The van der Waals surface area contributed by atoms with Gasteiger partial charge in [0.15, 0.2) is 0 Å². The topological polar surface area (TPSA) is 29.5 Å². The molecule has 0 aromatic heterocycles. The van der Waals surface area contributed by atoms with Gasteiger partial charge in [-0.1, -0.05) is 32.9 Å². The molecule has 2 nitrogen and oxygen atoms in total. The minimum atomic E-state index is 0.0232. The van der Waals surface area contributed by atoms with Gasteiger partial charge in [-0.2, -0.15) is 0 Å². The predicted octanol–water partition coefficient (Wildman–Crippen LogP) is 6.32. The Labute approximate surface area is 162 Å². The van der Waals surface area contributed by atoms with Crippen LogP contribution < -0.4 is 4.74 Å². The molecule has 0 saturated heterocycles. The van der Waals surface area contributed by atoms with Crippen LogP contribution >= 0.6 is 0 Å². The van der Waals surface area contributed by atoms with Crippen LogP contribution in [-0.4, -0.2) is 12.2 Å². The first-order valence-corrected chi connectivity index (χ1v) is 10.6. The van der Waals surface area contributed by atoms with Crippen LogP contribution in [0.1, 0.15) is 70.4 Å². The van der Waals surface area contributed by atoms with Crippen molar-refractivity contribution < 1.29 is 9.84 Å². The van der Waals surface area contributed by atoms with Gasteiger partial charge in [0.05, 0.1) is 12.5 Å². The van der Waals surface area contributed by atoms with Crippen molar-refractivity contribution in [1.82, 2.24) is 0 Å². The van der Waals surface area contributed by atoms with Crippen molar-refractivity contribution in [3.63, 3.8) is 0 Å². The lowest BCUT2D eigenvalue weighted by molar-refractivity contribution is -0.00453. The number of phenolic OH excluding ortho intramolecular Hbond substituents is 1. The van der Waals surface area contributed by atoms with E-state index in [0.717, 1.165) is 28.9 Å². The van der Waals surface area contributed by atoms with Crippen molar-refractivity contribution in [2.75, 3.05) is 7.11 Å². The molecule has 27 heavy (non-hydrogen) atoms. The van der Waals surface area contributed by atoms with Crippen LogP contribution in [0, 0.1) is 17.8 Å². The number of phenols is 1. The molecule has 144 valence electrons. The van der Waals surface area contributed by atoms with Crippen molar-refractivity contribution >= 4 is 10.8 Å². The van der Waals surface area contributed by atoms with Gasteiger partial charge in [0.2, 0.25) is 0 Å². The summed E-state index contributed by atoms with van der Waals surface area (Å²) in [4.78, 5) is 0. The summed E-state index contributed by atoms with van der Waals surface area (Å²) in [6.07, 6.45) is 8.35. The van der Waals surface area contributed by atoms with E-state index in [1.165, 1.54) is 55.0 Å². The summed E-state index contributed by atoms with van der Waals surface area (Å²) in [6, 6.07) is 8.43. The van der Waals surface area contributed by atoms with Gasteiger partial charge in [-0.25, -0.2) is 0 Å². The molecule has 0 radical (unpaired) electrons. The Morgan fingerprint density at radius 1 is 0.889 bits per heavy atom. The Kier molecular flexibility index (Phi) is 3.64. The van der Waals surface area contributed by atoms with Gasteiger partial charge in [-0.15, -0.1) is 0 Å². The van der Waals surface area contributed by atoms with E-state index >= 15 is 0 Å². The third-order valence-electron chi connectivity index (χ3n) is 7.74. The minimum absolute atomic E-state index is 0.0232. The number of hydrogen-bond acceptors (Lipinski definition) is 2. The lowest BCUT2D eigenvalue weighted by atomic mass is 9.47. The molecule has 1 N–H and O–H groups in total. The Bertz CT molecular complexity index is 867. The van der Waals surface area contributed by atoms with E-state index in [0.29, 0.717) is 11.2 Å². The number of benzene rings is 2. The van der Waals surface area contributed by atoms with Crippen molar-refractivity contribution in [3.05, 3.63) is 35.4 Å². The molecule has 4 bridgehead atoms. The maximum Gasteiger partial charge on any atom is 0.130 e. The molecule has 6 rings (SSSR count). The Balaban J connectivity index is 1.82. The molecule has 4 fully saturated rings. The zero-order valence-corrected chi connectivity index (χ0v) is 17.1. The van der Waals surface area contributed by atoms with Gasteiger partial charge in [0, 0.05) is 0 Å². The molecule has 0 spiro atoms. The molecule has 2 aromatic carbocycles. The SMILES string of the molecule is COc1ccc(C(C)(C)C)c2c(C34CC5CC(CC(C5)C3)C4)ccc(O)c12. The van der Waals surface area contributed by atoms with E-state index in [-0.39, 0.29) is 5.41 Å². The van der Waals surface area contributed by atoms with Crippen LogP contribution in [0.3, 0.4) is 0 Å². The second-order valence-corrected chi connectivity index (χ2v) is 10.6. The lowest BCUT2D eigenvalue weighted by Crippen LogP contribution is -2.48. The van der Waals surface area contributed by atoms with Crippen LogP contribution in [0.15, 0.2) is 24.3 Å². The molecule has 4 aliphatic rings. The lowest BCUT2D eigenvalue weighted by Gasteiger charge is -2.57. The van der Waals surface area contributed by atoms with Gasteiger partial charge in [0.1, 0.15) is 11.5 Å². The van der Waals surface area contributed by atoms with E-state index < -0.39 is 0 Å². The van der Waals surface area contributed by atoms with Gasteiger partial charge >= 0.3 is 0 Å². The zero-order valence-electron chi connectivity index (χ0n) is 17.1. The third kappa shape index (κ3) is 2.52. The zero-order chi connectivity index (χ0) is 19.0. The van der Waals surface area contributed by atoms with Gasteiger partial charge in [0.25, 0.3) is 0 Å². The molecule has 0 amide bonds. The van der Waals surface area contributed by atoms with Gasteiger partial charge in [-0.3, -0.25) is 0 Å². The fraction of sp³-hybridized carbons (Fsp3) is 0.600. The summed E-state index contributed by atoms with van der Waals surface area (Å²) in [5.41, 5.74) is 3.14. The minimum Gasteiger partial charge on any atom is -0.507 e. The number of methoxy groups -OCH3 is 1. The highest BCUT2D eigenvalue weighted by atomic mass is 16.5. The summed E-state index contributed by atoms with van der Waals surface area (Å²) in [5.74, 6) is 3.86. The first kappa shape index (κ1) is 17.4. The Morgan fingerprint density at radius 3 is 2.00 bits per heavy atom. The van der Waals surface area contributed by atoms with E-state index in [1.807, 2.05) is 12.1 Å². The van der Waals surface area contributed by atoms with Crippen molar-refractivity contribution in [1.29, 1.82) is 0 Å². The fourth-order valence-electron chi connectivity index (χ4n) is 7.12. The highest BCUT2D eigenvalue weighted by molar-refractivity contribution is 5.99. The van der Waals surface area contributed by atoms with Gasteiger partial charge < -0.3 is 9.84 Å². The number of ether oxygens (including phenoxy) is 1. The van der Waals surface area contributed by atoms with E-state index in [4.69, 9.17) is 4.74 Å². The monoisotopic (exact) mass is 364 g/mol. The summed E-state index contributed by atoms with van der Waals surface area (Å²) in [5, 5.41) is 13.0. The van der Waals surface area contributed by atoms with Crippen LogP contribution in [0.4, 0.5) is 0 Å². The molecule has 4 aliphatic carbocycles. The molecule has 4 saturated carbocycles. The maximum absolute atomic E-state index is 10.8. The van der Waals surface area contributed by atoms with Crippen molar-refractivity contribution in [2.24, 2.45) is 17.8 Å². The first-order valence-electron chi connectivity index (χ1n) is 10.6. The standard InChI is InChI=1S/C25H32O2/c1-24(2,3)18-6-8-21(27-4)23-20(26)7-5-19(22(18)23)25-12-15-9-16(13-25)11-17(10-15)14-25/h5-8,15-17,26H,9-14H2,1-4H3. The summed E-state index contributed by atoms with van der Waals surface area (Å²) < 4.78 is 5.69. The third-order valence-corrected chi connectivity index (χ3v) is 7.74. The molecule has 0 aliphatic heterocycles. The number of hydrogen-bond donors (Lipinski definition) is 1. The molecule has 0 heterocycles. The highest BCUT2D eigenvalue weighted by Gasteiger charge is 2.52. The molecule has 0 atom stereocenters. The average Bonchev–Trinajstić information content (AvgIpc) is 2.58. The van der Waals surface area contributed by atoms with Crippen LogP contribution in [0.25, 0.3) is 10.8 Å². The highest BCUT2D eigenvalue weighted by Crippen LogP contribution is 2.62. The summed E-state index contributed by atoms with van der Waals surface area (Å²) >= 11 is 0.